The molecular formula is C14H13BrFIN2O. The first-order chi connectivity index (χ1) is 9.58. The Hall–Kier alpha value is -0.700. The van der Waals surface area contributed by atoms with E-state index in [0.29, 0.717) is 5.56 Å². The zero-order valence-electron chi connectivity index (χ0n) is 10.7. The maximum atomic E-state index is 14.4. The average Bonchev–Trinajstić information content (AvgIpc) is 2.45. The van der Waals surface area contributed by atoms with E-state index in [4.69, 9.17) is 10.6 Å². The van der Waals surface area contributed by atoms with E-state index in [1.807, 2.05) is 18.2 Å². The molecule has 20 heavy (non-hydrogen) atoms. The van der Waals surface area contributed by atoms with Crippen LogP contribution in [-0.2, 0) is 0 Å². The van der Waals surface area contributed by atoms with Crippen LogP contribution in [0.3, 0.4) is 0 Å². The SMILES string of the molecule is COc1cccc(C(NN)c2cc(Br)ccc2I)c1F. The van der Waals surface area contributed by atoms with E-state index in [2.05, 4.69) is 43.9 Å². The molecular weight excluding hydrogens is 438 g/mol. The summed E-state index contributed by atoms with van der Waals surface area (Å²) in [5.74, 6) is 5.43. The molecule has 3 nitrogen and oxygen atoms in total. The van der Waals surface area contributed by atoms with Crippen molar-refractivity contribution in [3.05, 3.63) is 61.4 Å². The summed E-state index contributed by atoms with van der Waals surface area (Å²) in [6.07, 6.45) is 0. The molecule has 1 atom stereocenters. The standard InChI is InChI=1S/C14H13BrFIN2O/c1-20-12-4-2-3-9(13(12)16)14(19-18)10-7-8(15)5-6-11(10)17/h2-7,14,19H,18H2,1H3. The van der Waals surface area contributed by atoms with Crippen LogP contribution in [0.1, 0.15) is 17.2 Å². The topological polar surface area (TPSA) is 47.3 Å². The van der Waals surface area contributed by atoms with Gasteiger partial charge in [-0.15, -0.1) is 0 Å². The molecule has 2 aromatic rings. The van der Waals surface area contributed by atoms with Crippen LogP contribution in [-0.4, -0.2) is 7.11 Å². The molecule has 0 aliphatic carbocycles. The number of hydrogen-bond donors (Lipinski definition) is 2. The van der Waals surface area contributed by atoms with Gasteiger partial charge in [0.25, 0.3) is 0 Å². The lowest BCUT2D eigenvalue weighted by atomic mass is 9.98. The number of hydrogen-bond acceptors (Lipinski definition) is 3. The summed E-state index contributed by atoms with van der Waals surface area (Å²) in [7, 11) is 1.44. The molecule has 0 saturated heterocycles. The summed E-state index contributed by atoms with van der Waals surface area (Å²) >= 11 is 5.62. The predicted octanol–water partition coefficient (Wildman–Crippen LogP) is 3.75. The zero-order chi connectivity index (χ0) is 14.7. The van der Waals surface area contributed by atoms with E-state index in [1.165, 1.54) is 7.11 Å². The van der Waals surface area contributed by atoms with Crippen molar-refractivity contribution >= 4 is 38.5 Å². The van der Waals surface area contributed by atoms with Gasteiger partial charge in [0.2, 0.25) is 0 Å². The number of rotatable bonds is 4. The van der Waals surface area contributed by atoms with Gasteiger partial charge in [-0.2, -0.15) is 0 Å². The second-order valence-electron chi connectivity index (χ2n) is 4.13. The van der Waals surface area contributed by atoms with Gasteiger partial charge in [-0.3, -0.25) is 5.84 Å². The Kier molecular flexibility index (Phi) is 5.36. The molecule has 0 fully saturated rings. The van der Waals surface area contributed by atoms with Gasteiger partial charge in [0.05, 0.1) is 13.2 Å². The van der Waals surface area contributed by atoms with Gasteiger partial charge in [-0.25, -0.2) is 9.82 Å². The van der Waals surface area contributed by atoms with Gasteiger partial charge in [0.15, 0.2) is 11.6 Å². The highest BCUT2D eigenvalue weighted by atomic mass is 127. The Morgan fingerprint density at radius 3 is 2.70 bits per heavy atom. The predicted molar refractivity (Wildman–Crippen MR) is 89.0 cm³/mol. The van der Waals surface area contributed by atoms with Crippen molar-refractivity contribution in [2.75, 3.05) is 7.11 Å². The van der Waals surface area contributed by atoms with Crippen LogP contribution >= 0.6 is 38.5 Å². The normalized spacial score (nSPS) is 12.2. The van der Waals surface area contributed by atoms with Crippen LogP contribution in [0.2, 0.25) is 0 Å². The fraction of sp³-hybridized carbons (Fsp3) is 0.143. The van der Waals surface area contributed by atoms with Crippen molar-refractivity contribution in [2.45, 2.75) is 6.04 Å². The van der Waals surface area contributed by atoms with Gasteiger partial charge in [-0.05, 0) is 52.4 Å². The molecule has 0 aromatic heterocycles. The van der Waals surface area contributed by atoms with E-state index in [-0.39, 0.29) is 5.75 Å². The minimum atomic E-state index is -0.450. The fourth-order valence-electron chi connectivity index (χ4n) is 1.99. The molecule has 0 aliphatic heterocycles. The quantitative estimate of drug-likeness (QED) is 0.423. The lowest BCUT2D eigenvalue weighted by molar-refractivity contribution is 0.381. The third kappa shape index (κ3) is 3.13. The van der Waals surface area contributed by atoms with Crippen LogP contribution < -0.4 is 16.0 Å². The number of ether oxygens (including phenoxy) is 1. The van der Waals surface area contributed by atoms with Crippen LogP contribution in [0.4, 0.5) is 4.39 Å². The van der Waals surface area contributed by atoms with E-state index in [9.17, 15) is 4.39 Å². The van der Waals surface area contributed by atoms with E-state index in [0.717, 1.165) is 13.6 Å². The van der Waals surface area contributed by atoms with Crippen molar-refractivity contribution in [3.8, 4) is 5.75 Å². The second-order valence-corrected chi connectivity index (χ2v) is 6.21. The zero-order valence-corrected chi connectivity index (χ0v) is 14.4. The molecule has 0 bridgehead atoms. The first-order valence-corrected chi connectivity index (χ1v) is 7.69. The lowest BCUT2D eigenvalue weighted by Gasteiger charge is -2.20. The third-order valence-electron chi connectivity index (χ3n) is 2.96. The molecule has 3 N–H and O–H groups in total. The minimum absolute atomic E-state index is 0.202. The Morgan fingerprint density at radius 2 is 2.05 bits per heavy atom. The number of benzene rings is 2. The monoisotopic (exact) mass is 450 g/mol. The highest BCUT2D eigenvalue weighted by Gasteiger charge is 2.21. The summed E-state index contributed by atoms with van der Waals surface area (Å²) in [4.78, 5) is 0. The van der Waals surface area contributed by atoms with Gasteiger partial charge in [-0.1, -0.05) is 28.1 Å². The van der Waals surface area contributed by atoms with E-state index >= 15 is 0 Å². The van der Waals surface area contributed by atoms with Crippen LogP contribution in [0.25, 0.3) is 0 Å². The van der Waals surface area contributed by atoms with Gasteiger partial charge < -0.3 is 4.74 Å². The Bertz CT molecular complexity index is 624. The second kappa shape index (κ2) is 6.84. The molecule has 0 heterocycles. The molecule has 2 rings (SSSR count). The van der Waals surface area contributed by atoms with Crippen molar-refractivity contribution in [2.24, 2.45) is 5.84 Å². The molecule has 0 amide bonds. The first-order valence-electron chi connectivity index (χ1n) is 5.82. The van der Waals surface area contributed by atoms with Gasteiger partial charge in [0, 0.05) is 13.6 Å². The maximum Gasteiger partial charge on any atom is 0.170 e. The lowest BCUT2D eigenvalue weighted by Crippen LogP contribution is -2.30. The Balaban J connectivity index is 2.55. The molecule has 106 valence electrons. The summed E-state index contributed by atoms with van der Waals surface area (Å²) in [6.45, 7) is 0. The molecule has 0 spiro atoms. The Morgan fingerprint density at radius 1 is 1.30 bits per heavy atom. The number of hydrazine groups is 1. The minimum Gasteiger partial charge on any atom is -0.494 e. The smallest absolute Gasteiger partial charge is 0.170 e. The Labute approximate surface area is 138 Å². The van der Waals surface area contributed by atoms with Gasteiger partial charge in [0.1, 0.15) is 0 Å². The maximum absolute atomic E-state index is 14.4. The first kappa shape index (κ1) is 15.7. The summed E-state index contributed by atoms with van der Waals surface area (Å²) in [6, 6.07) is 10.4. The summed E-state index contributed by atoms with van der Waals surface area (Å²) < 4.78 is 21.3. The summed E-state index contributed by atoms with van der Waals surface area (Å²) in [5.41, 5.74) is 4.02. The number of nitrogens with one attached hydrogen (secondary N) is 1. The van der Waals surface area contributed by atoms with Crippen molar-refractivity contribution in [1.82, 2.24) is 5.43 Å². The van der Waals surface area contributed by atoms with Crippen LogP contribution in [0.5, 0.6) is 5.75 Å². The number of methoxy groups -OCH3 is 1. The van der Waals surface area contributed by atoms with E-state index in [1.54, 1.807) is 18.2 Å². The average molecular weight is 451 g/mol. The molecule has 1 unspecified atom stereocenters. The van der Waals surface area contributed by atoms with Crippen LogP contribution in [0, 0.1) is 9.39 Å². The van der Waals surface area contributed by atoms with Crippen molar-refractivity contribution < 1.29 is 9.13 Å². The molecule has 0 aliphatic rings. The van der Waals surface area contributed by atoms with E-state index < -0.39 is 11.9 Å². The number of nitrogens with two attached hydrogens (primary N) is 1. The molecule has 0 saturated carbocycles. The third-order valence-corrected chi connectivity index (χ3v) is 4.44. The molecule has 6 heteroatoms. The fourth-order valence-corrected chi connectivity index (χ4v) is 3.02. The van der Waals surface area contributed by atoms with Crippen molar-refractivity contribution in [1.29, 1.82) is 0 Å². The number of halogens is 3. The molecule has 0 radical (unpaired) electrons. The van der Waals surface area contributed by atoms with Gasteiger partial charge >= 0.3 is 0 Å². The van der Waals surface area contributed by atoms with Crippen LogP contribution in [0.15, 0.2) is 40.9 Å². The highest BCUT2D eigenvalue weighted by Crippen LogP contribution is 2.32. The summed E-state index contributed by atoms with van der Waals surface area (Å²) in [5, 5.41) is 0. The highest BCUT2D eigenvalue weighted by molar-refractivity contribution is 14.1. The molecule has 2 aromatic carbocycles. The largest absolute Gasteiger partial charge is 0.494 e. The van der Waals surface area contributed by atoms with Crippen molar-refractivity contribution in [3.63, 3.8) is 0 Å².